The molecule has 0 radical (unpaired) electrons. The van der Waals surface area contributed by atoms with Gasteiger partial charge in [-0.05, 0) is 53.0 Å². The number of benzene rings is 3. The third kappa shape index (κ3) is 4.71. The van der Waals surface area contributed by atoms with Crippen molar-refractivity contribution in [3.63, 3.8) is 0 Å². The predicted octanol–water partition coefficient (Wildman–Crippen LogP) is 4.90. The van der Waals surface area contributed by atoms with E-state index in [0.29, 0.717) is 24.0 Å². The molecule has 0 saturated carbocycles. The first-order valence-corrected chi connectivity index (χ1v) is 11.9. The molecule has 0 amide bonds. The van der Waals surface area contributed by atoms with Gasteiger partial charge in [0, 0.05) is 17.2 Å². The van der Waals surface area contributed by atoms with Crippen LogP contribution in [0.1, 0.15) is 5.56 Å². The van der Waals surface area contributed by atoms with Gasteiger partial charge >= 0.3 is 0 Å². The topological polar surface area (TPSA) is 96.2 Å². The summed E-state index contributed by atoms with van der Waals surface area (Å²) in [5.74, 6) is 2.18. The van der Waals surface area contributed by atoms with Crippen LogP contribution in [0.25, 0.3) is 21.2 Å². The van der Waals surface area contributed by atoms with E-state index < -0.39 is 6.10 Å². The molecule has 0 saturated heterocycles. The van der Waals surface area contributed by atoms with Crippen molar-refractivity contribution in [3.8, 4) is 22.6 Å². The van der Waals surface area contributed by atoms with Crippen LogP contribution in [-0.4, -0.2) is 53.3 Å². The first-order valence-electron chi connectivity index (χ1n) is 10.8. The number of fused-ring (bicyclic) bond motifs is 2. The highest BCUT2D eigenvalue weighted by molar-refractivity contribution is 7.13. The number of aliphatic hydroxyl groups excluding tert-OH is 2. The highest BCUT2D eigenvalue weighted by Crippen LogP contribution is 2.40. The van der Waals surface area contributed by atoms with Crippen molar-refractivity contribution in [1.29, 1.82) is 0 Å². The van der Waals surface area contributed by atoms with Gasteiger partial charge in [-0.1, -0.05) is 35.9 Å². The van der Waals surface area contributed by atoms with Crippen molar-refractivity contribution in [1.82, 2.24) is 4.37 Å². The number of aliphatic imine (C=N–C) groups is 1. The van der Waals surface area contributed by atoms with E-state index in [9.17, 15) is 5.11 Å². The second kappa shape index (κ2) is 9.99. The fourth-order valence-electron chi connectivity index (χ4n) is 3.65. The molecule has 0 fully saturated rings. The van der Waals surface area contributed by atoms with Crippen LogP contribution in [-0.2, 0) is 0 Å². The molecule has 4 aromatic rings. The van der Waals surface area contributed by atoms with Crippen LogP contribution in [0.3, 0.4) is 0 Å². The molecule has 1 unspecified atom stereocenters. The number of hydrogen-bond acceptors (Lipinski definition) is 8. The van der Waals surface area contributed by atoms with Gasteiger partial charge in [0.05, 0.1) is 34.7 Å². The van der Waals surface area contributed by atoms with Gasteiger partial charge in [0.15, 0.2) is 17.3 Å². The average molecular weight is 496 g/mol. The fraction of sp³-hybridized carbons (Fsp3) is 0.200. The van der Waals surface area contributed by atoms with Crippen molar-refractivity contribution in [2.24, 2.45) is 4.99 Å². The summed E-state index contributed by atoms with van der Waals surface area (Å²) in [6, 6.07) is 17.6. The van der Waals surface area contributed by atoms with Gasteiger partial charge in [0.25, 0.3) is 0 Å². The van der Waals surface area contributed by atoms with Crippen molar-refractivity contribution in [2.45, 2.75) is 6.10 Å². The molecule has 7 nitrogen and oxygen atoms in total. The third-order valence-electron chi connectivity index (χ3n) is 5.37. The van der Waals surface area contributed by atoms with E-state index in [4.69, 9.17) is 26.2 Å². The Hall–Kier alpha value is -3.17. The molecule has 174 valence electrons. The summed E-state index contributed by atoms with van der Waals surface area (Å²) >= 11 is 8.18. The Bertz CT molecular complexity index is 1360. The lowest BCUT2D eigenvalue weighted by Gasteiger charge is -2.19. The van der Waals surface area contributed by atoms with Crippen LogP contribution >= 0.6 is 23.1 Å². The van der Waals surface area contributed by atoms with Gasteiger partial charge in [0.2, 0.25) is 0 Å². The quantitative estimate of drug-likeness (QED) is 0.315. The number of halogens is 1. The maximum absolute atomic E-state index is 9.42. The Balaban J connectivity index is 1.39. The SMILES string of the molecule is OCC(O)CN=Cc1ccc2c(Nc3cccc(-c4ccc5c(c4)OCCO5)c3Cl)nsc2c1. The van der Waals surface area contributed by atoms with E-state index in [1.54, 1.807) is 6.21 Å². The molecular weight excluding hydrogens is 474 g/mol. The lowest BCUT2D eigenvalue weighted by Crippen LogP contribution is -2.15. The smallest absolute Gasteiger partial charge is 0.161 e. The Morgan fingerprint density at radius 2 is 1.97 bits per heavy atom. The van der Waals surface area contributed by atoms with E-state index >= 15 is 0 Å². The van der Waals surface area contributed by atoms with Gasteiger partial charge in [-0.2, -0.15) is 4.37 Å². The molecular formula is C25H22ClN3O4S. The molecule has 5 rings (SSSR count). The van der Waals surface area contributed by atoms with Gasteiger partial charge in [-0.25, -0.2) is 0 Å². The number of aromatic nitrogens is 1. The van der Waals surface area contributed by atoms with Crippen molar-refractivity contribution in [3.05, 3.63) is 65.2 Å². The van der Waals surface area contributed by atoms with Gasteiger partial charge < -0.3 is 25.0 Å². The normalized spacial score (nSPS) is 14.0. The van der Waals surface area contributed by atoms with E-state index in [0.717, 1.165) is 44.0 Å². The maximum atomic E-state index is 9.42. The minimum atomic E-state index is -0.845. The van der Waals surface area contributed by atoms with Crippen LogP contribution in [0.4, 0.5) is 11.5 Å². The molecule has 9 heteroatoms. The third-order valence-corrected chi connectivity index (χ3v) is 6.58. The van der Waals surface area contributed by atoms with Crippen LogP contribution in [0.5, 0.6) is 11.5 Å². The van der Waals surface area contributed by atoms with E-state index in [2.05, 4.69) is 14.7 Å². The standard InChI is InChI=1S/C25H22ClN3O4S/c26-24-18(16-5-7-21-22(11-16)33-9-8-32-21)2-1-3-20(24)28-25-19-6-4-15(10-23(19)34-29-25)12-27-13-17(31)14-30/h1-7,10-12,17,30-31H,8-9,13-14H2,(H,28,29). The van der Waals surface area contributed by atoms with E-state index in [1.165, 1.54) is 11.5 Å². The summed E-state index contributed by atoms with van der Waals surface area (Å²) in [7, 11) is 0. The van der Waals surface area contributed by atoms with E-state index in [-0.39, 0.29) is 13.2 Å². The largest absolute Gasteiger partial charge is 0.486 e. The number of rotatable bonds is 7. The number of nitrogens with one attached hydrogen (secondary N) is 1. The lowest BCUT2D eigenvalue weighted by molar-refractivity contribution is 0.102. The summed E-state index contributed by atoms with van der Waals surface area (Å²) in [6.45, 7) is 0.928. The Labute approximate surface area is 205 Å². The first kappa shape index (κ1) is 22.6. The molecule has 1 atom stereocenters. The number of anilines is 2. The van der Waals surface area contributed by atoms with Crippen molar-refractivity contribution >= 4 is 50.9 Å². The van der Waals surface area contributed by atoms with Gasteiger partial charge in [0.1, 0.15) is 13.2 Å². The van der Waals surface area contributed by atoms with Crippen molar-refractivity contribution < 1.29 is 19.7 Å². The summed E-state index contributed by atoms with van der Waals surface area (Å²) in [6.07, 6.45) is 0.834. The molecule has 0 aliphatic carbocycles. The summed E-state index contributed by atoms with van der Waals surface area (Å²) in [4.78, 5) is 4.17. The number of hydrogen-bond donors (Lipinski definition) is 3. The highest BCUT2D eigenvalue weighted by atomic mass is 35.5. The highest BCUT2D eigenvalue weighted by Gasteiger charge is 2.16. The van der Waals surface area contributed by atoms with Crippen LogP contribution in [0, 0.1) is 0 Å². The van der Waals surface area contributed by atoms with Crippen LogP contribution < -0.4 is 14.8 Å². The zero-order valence-electron chi connectivity index (χ0n) is 18.1. The Morgan fingerprint density at radius 1 is 1.12 bits per heavy atom. The molecule has 1 aliphatic heterocycles. The predicted molar refractivity (Wildman–Crippen MR) is 136 cm³/mol. The van der Waals surface area contributed by atoms with E-state index in [1.807, 2.05) is 54.6 Å². The molecule has 1 aromatic heterocycles. The average Bonchev–Trinajstić information content (AvgIpc) is 3.26. The first-order chi connectivity index (χ1) is 16.6. The van der Waals surface area contributed by atoms with Crippen molar-refractivity contribution in [2.75, 3.05) is 31.7 Å². The second-order valence-electron chi connectivity index (χ2n) is 7.77. The summed E-state index contributed by atoms with van der Waals surface area (Å²) < 4.78 is 16.9. The minimum absolute atomic E-state index is 0.155. The molecule has 1 aliphatic rings. The number of aliphatic hydroxyl groups is 2. The van der Waals surface area contributed by atoms with Crippen LogP contribution in [0.15, 0.2) is 59.6 Å². The molecule has 0 spiro atoms. The monoisotopic (exact) mass is 495 g/mol. The minimum Gasteiger partial charge on any atom is -0.486 e. The van der Waals surface area contributed by atoms with Gasteiger partial charge in [-0.3, -0.25) is 4.99 Å². The van der Waals surface area contributed by atoms with Crippen LogP contribution in [0.2, 0.25) is 5.02 Å². The Morgan fingerprint density at radius 3 is 2.82 bits per heavy atom. The molecule has 3 N–H and O–H groups in total. The second-order valence-corrected chi connectivity index (χ2v) is 8.95. The molecule has 34 heavy (non-hydrogen) atoms. The summed E-state index contributed by atoms with van der Waals surface area (Å²) in [5, 5.41) is 23.2. The fourth-order valence-corrected chi connectivity index (χ4v) is 4.72. The molecule has 3 aromatic carbocycles. The summed E-state index contributed by atoms with van der Waals surface area (Å²) in [5.41, 5.74) is 3.47. The van der Waals surface area contributed by atoms with Gasteiger partial charge in [-0.15, -0.1) is 0 Å². The number of ether oxygens (including phenoxy) is 2. The molecule has 2 heterocycles. The zero-order chi connectivity index (χ0) is 23.5. The molecule has 0 bridgehead atoms. The zero-order valence-corrected chi connectivity index (χ0v) is 19.6. The Kier molecular flexibility index (Phi) is 6.64. The lowest BCUT2D eigenvalue weighted by atomic mass is 10.0. The maximum Gasteiger partial charge on any atom is 0.161 e. The number of nitrogens with zero attached hydrogens (tertiary/aromatic N) is 2.